The maximum atomic E-state index is 10.5. The fraction of sp³-hybridized carbons (Fsp3) is 0.0909. The van der Waals surface area contributed by atoms with E-state index in [1.54, 1.807) is 17.1 Å². The van der Waals surface area contributed by atoms with Crippen LogP contribution >= 0.6 is 15.9 Å². The molecular formula is C11H9BrN2O. The van der Waals surface area contributed by atoms with Gasteiger partial charge in [-0.3, -0.25) is 9.48 Å². The second-order valence-electron chi connectivity index (χ2n) is 3.22. The number of carbonyl (C=O) groups excluding carboxylic acids is 1. The number of aromatic nitrogens is 2. The molecule has 1 heterocycles. The van der Waals surface area contributed by atoms with E-state index in [4.69, 9.17) is 0 Å². The van der Waals surface area contributed by atoms with Crippen LogP contribution in [-0.4, -0.2) is 16.1 Å². The van der Waals surface area contributed by atoms with Gasteiger partial charge in [0.1, 0.15) is 0 Å². The van der Waals surface area contributed by atoms with Gasteiger partial charge in [0, 0.05) is 10.7 Å². The van der Waals surface area contributed by atoms with Gasteiger partial charge in [0.05, 0.1) is 18.3 Å². The Morgan fingerprint density at radius 3 is 2.67 bits per heavy atom. The summed E-state index contributed by atoms with van der Waals surface area (Å²) in [5.41, 5.74) is 1.76. The molecule has 0 N–H and O–H groups in total. The molecule has 0 aliphatic heterocycles. The zero-order valence-electron chi connectivity index (χ0n) is 7.93. The van der Waals surface area contributed by atoms with Crippen molar-refractivity contribution < 1.29 is 4.79 Å². The SMILES string of the molecule is O=Cc1cnn(Cc2ccc(Br)cc2)c1. The predicted molar refractivity (Wildman–Crippen MR) is 60.9 cm³/mol. The lowest BCUT2D eigenvalue weighted by molar-refractivity contribution is 0.112. The van der Waals surface area contributed by atoms with Crippen LogP contribution in [0.4, 0.5) is 0 Å². The zero-order chi connectivity index (χ0) is 10.7. The van der Waals surface area contributed by atoms with Gasteiger partial charge in [-0.1, -0.05) is 28.1 Å². The lowest BCUT2D eigenvalue weighted by Gasteiger charge is -2.01. The molecule has 0 bridgehead atoms. The van der Waals surface area contributed by atoms with Crippen molar-refractivity contribution >= 4 is 22.2 Å². The molecule has 76 valence electrons. The van der Waals surface area contributed by atoms with Crippen molar-refractivity contribution in [2.24, 2.45) is 0 Å². The number of hydrogen-bond acceptors (Lipinski definition) is 2. The van der Waals surface area contributed by atoms with Crippen LogP contribution in [0.1, 0.15) is 15.9 Å². The van der Waals surface area contributed by atoms with E-state index in [1.165, 1.54) is 0 Å². The van der Waals surface area contributed by atoms with E-state index in [2.05, 4.69) is 21.0 Å². The first-order valence-corrected chi connectivity index (χ1v) is 5.29. The third kappa shape index (κ3) is 2.53. The van der Waals surface area contributed by atoms with Gasteiger partial charge in [-0.25, -0.2) is 0 Å². The van der Waals surface area contributed by atoms with E-state index in [0.717, 1.165) is 16.3 Å². The number of nitrogens with zero attached hydrogens (tertiary/aromatic N) is 2. The first-order valence-electron chi connectivity index (χ1n) is 4.50. The Morgan fingerprint density at radius 2 is 2.07 bits per heavy atom. The van der Waals surface area contributed by atoms with Gasteiger partial charge in [0.2, 0.25) is 0 Å². The van der Waals surface area contributed by atoms with Gasteiger partial charge in [0.25, 0.3) is 0 Å². The van der Waals surface area contributed by atoms with Gasteiger partial charge in [0.15, 0.2) is 6.29 Å². The summed E-state index contributed by atoms with van der Waals surface area (Å²) in [7, 11) is 0. The van der Waals surface area contributed by atoms with Crippen LogP contribution < -0.4 is 0 Å². The first kappa shape index (κ1) is 10.1. The third-order valence-electron chi connectivity index (χ3n) is 2.05. The minimum absolute atomic E-state index is 0.604. The van der Waals surface area contributed by atoms with E-state index in [0.29, 0.717) is 12.1 Å². The molecule has 0 saturated heterocycles. The van der Waals surface area contributed by atoms with Crippen LogP contribution in [0.15, 0.2) is 41.1 Å². The minimum atomic E-state index is 0.604. The van der Waals surface area contributed by atoms with E-state index >= 15 is 0 Å². The van der Waals surface area contributed by atoms with Crippen molar-refractivity contribution in [3.05, 3.63) is 52.3 Å². The van der Waals surface area contributed by atoms with E-state index < -0.39 is 0 Å². The highest BCUT2D eigenvalue weighted by Crippen LogP contribution is 2.11. The van der Waals surface area contributed by atoms with E-state index in [9.17, 15) is 4.79 Å². The molecule has 0 spiro atoms. The number of halogens is 1. The molecule has 0 saturated carbocycles. The standard InChI is InChI=1S/C11H9BrN2O/c12-11-3-1-9(2-4-11)6-14-7-10(8-15)5-13-14/h1-5,7-8H,6H2. The monoisotopic (exact) mass is 264 g/mol. The molecule has 0 unspecified atom stereocenters. The topological polar surface area (TPSA) is 34.9 Å². The largest absolute Gasteiger partial charge is 0.298 e. The van der Waals surface area contributed by atoms with Gasteiger partial charge >= 0.3 is 0 Å². The van der Waals surface area contributed by atoms with Crippen molar-refractivity contribution in [1.82, 2.24) is 9.78 Å². The Morgan fingerprint density at radius 1 is 1.33 bits per heavy atom. The summed E-state index contributed by atoms with van der Waals surface area (Å²) in [6.45, 7) is 0.682. The average Bonchev–Trinajstić information content (AvgIpc) is 2.69. The number of benzene rings is 1. The summed E-state index contributed by atoms with van der Waals surface area (Å²) in [6, 6.07) is 8.01. The predicted octanol–water partition coefficient (Wildman–Crippen LogP) is 2.51. The molecule has 3 nitrogen and oxygen atoms in total. The second kappa shape index (κ2) is 4.40. The van der Waals surface area contributed by atoms with Crippen LogP contribution in [0.25, 0.3) is 0 Å². The quantitative estimate of drug-likeness (QED) is 0.799. The summed E-state index contributed by atoms with van der Waals surface area (Å²) in [5.74, 6) is 0. The highest BCUT2D eigenvalue weighted by Gasteiger charge is 1.98. The smallest absolute Gasteiger partial charge is 0.153 e. The number of rotatable bonds is 3. The third-order valence-corrected chi connectivity index (χ3v) is 2.58. The molecule has 4 heteroatoms. The van der Waals surface area contributed by atoms with E-state index in [1.807, 2.05) is 24.3 Å². The minimum Gasteiger partial charge on any atom is -0.298 e. The van der Waals surface area contributed by atoms with Gasteiger partial charge in [-0.05, 0) is 17.7 Å². The molecule has 0 aliphatic carbocycles. The Hall–Kier alpha value is -1.42. The molecule has 0 radical (unpaired) electrons. The van der Waals surface area contributed by atoms with Crippen molar-refractivity contribution in [3.8, 4) is 0 Å². The molecule has 2 aromatic rings. The van der Waals surface area contributed by atoms with Crippen LogP contribution in [0.3, 0.4) is 0 Å². The summed E-state index contributed by atoms with van der Waals surface area (Å²) in [5, 5.41) is 4.08. The number of aldehydes is 1. The molecule has 0 amide bonds. The lowest BCUT2D eigenvalue weighted by Crippen LogP contribution is -1.99. The summed E-state index contributed by atoms with van der Waals surface area (Å²) in [6.07, 6.45) is 4.09. The normalized spacial score (nSPS) is 10.2. The lowest BCUT2D eigenvalue weighted by atomic mass is 10.2. The Labute approximate surface area is 95.9 Å². The van der Waals surface area contributed by atoms with Crippen molar-refractivity contribution in [3.63, 3.8) is 0 Å². The number of carbonyl (C=O) groups is 1. The fourth-order valence-electron chi connectivity index (χ4n) is 1.30. The molecule has 1 aromatic heterocycles. The summed E-state index contributed by atoms with van der Waals surface area (Å²) >= 11 is 3.38. The van der Waals surface area contributed by atoms with Crippen LogP contribution in [0.2, 0.25) is 0 Å². The van der Waals surface area contributed by atoms with Crippen LogP contribution in [0, 0.1) is 0 Å². The van der Waals surface area contributed by atoms with Crippen molar-refractivity contribution in [2.45, 2.75) is 6.54 Å². The molecule has 1 aromatic carbocycles. The highest BCUT2D eigenvalue weighted by atomic mass is 79.9. The molecule has 2 rings (SSSR count). The Kier molecular flexibility index (Phi) is 2.97. The maximum Gasteiger partial charge on any atom is 0.153 e. The molecule has 0 fully saturated rings. The molecule has 0 aliphatic rings. The fourth-order valence-corrected chi connectivity index (χ4v) is 1.57. The van der Waals surface area contributed by atoms with Crippen molar-refractivity contribution in [2.75, 3.05) is 0 Å². The Bertz CT molecular complexity index is 462. The van der Waals surface area contributed by atoms with Gasteiger partial charge < -0.3 is 0 Å². The summed E-state index contributed by atoms with van der Waals surface area (Å²) in [4.78, 5) is 10.5. The van der Waals surface area contributed by atoms with Crippen LogP contribution in [-0.2, 0) is 6.54 Å². The number of hydrogen-bond donors (Lipinski definition) is 0. The summed E-state index contributed by atoms with van der Waals surface area (Å²) < 4.78 is 2.80. The molecule has 0 atom stereocenters. The van der Waals surface area contributed by atoms with E-state index in [-0.39, 0.29) is 0 Å². The maximum absolute atomic E-state index is 10.5. The molecule has 15 heavy (non-hydrogen) atoms. The average molecular weight is 265 g/mol. The molecular weight excluding hydrogens is 256 g/mol. The van der Waals surface area contributed by atoms with Gasteiger partial charge in [-0.15, -0.1) is 0 Å². The van der Waals surface area contributed by atoms with Crippen molar-refractivity contribution in [1.29, 1.82) is 0 Å². The highest BCUT2D eigenvalue weighted by molar-refractivity contribution is 9.10. The second-order valence-corrected chi connectivity index (χ2v) is 4.13. The first-order chi connectivity index (χ1) is 7.28. The zero-order valence-corrected chi connectivity index (χ0v) is 9.52. The Balaban J connectivity index is 2.14. The van der Waals surface area contributed by atoms with Gasteiger partial charge in [-0.2, -0.15) is 5.10 Å². The van der Waals surface area contributed by atoms with Crippen LogP contribution in [0.5, 0.6) is 0 Å².